The zero-order valence-electron chi connectivity index (χ0n) is 19.5. The molecule has 0 spiro atoms. The van der Waals surface area contributed by atoms with Gasteiger partial charge < -0.3 is 25.0 Å². The van der Waals surface area contributed by atoms with Crippen LogP contribution in [0.4, 0.5) is 11.4 Å². The van der Waals surface area contributed by atoms with E-state index in [2.05, 4.69) is 10.6 Å². The van der Waals surface area contributed by atoms with E-state index in [4.69, 9.17) is 9.47 Å². The summed E-state index contributed by atoms with van der Waals surface area (Å²) < 4.78 is 37.6. The molecule has 2 aromatic carbocycles. The third-order valence-electron chi connectivity index (χ3n) is 5.17. The summed E-state index contributed by atoms with van der Waals surface area (Å²) in [5, 5.41) is 5.75. The topological polar surface area (TPSA) is 117 Å². The first-order valence-electron chi connectivity index (χ1n) is 10.8. The van der Waals surface area contributed by atoms with E-state index in [0.29, 0.717) is 43.4 Å². The molecule has 1 aliphatic rings. The molecule has 184 valence electrons. The Morgan fingerprint density at radius 1 is 1.09 bits per heavy atom. The number of likely N-dealkylation sites (N-methyl/N-ethyl adjacent to an activating group) is 1. The molecule has 0 radical (unpaired) electrons. The molecule has 0 unspecified atom stereocenters. The standard InChI is InChI=1S/C23H30N4O6S/c1-17-4-9-20(21(14-17)33-16-23(29)26(2)3)24-15-22(28)25-18-5-7-19(8-6-18)34(30,31)27-10-12-32-13-11-27/h4-9,14,24H,10-13,15-16H2,1-3H3,(H,25,28). The number of carbonyl (C=O) groups excluding carboxylic acids is 2. The molecule has 2 aromatic rings. The molecular weight excluding hydrogens is 460 g/mol. The lowest BCUT2D eigenvalue weighted by Crippen LogP contribution is -2.40. The summed E-state index contributed by atoms with van der Waals surface area (Å²) in [7, 11) is -0.294. The molecule has 1 fully saturated rings. The number of ether oxygens (including phenoxy) is 2. The van der Waals surface area contributed by atoms with Crippen LogP contribution in [0.1, 0.15) is 5.56 Å². The highest BCUT2D eigenvalue weighted by molar-refractivity contribution is 7.89. The minimum atomic E-state index is -3.59. The molecule has 34 heavy (non-hydrogen) atoms. The van der Waals surface area contributed by atoms with Crippen LogP contribution in [-0.4, -0.2) is 83.0 Å². The quantitative estimate of drug-likeness (QED) is 0.547. The molecule has 11 heteroatoms. The molecule has 0 aromatic heterocycles. The average Bonchev–Trinajstić information content (AvgIpc) is 2.82. The Morgan fingerprint density at radius 2 is 1.76 bits per heavy atom. The van der Waals surface area contributed by atoms with E-state index >= 15 is 0 Å². The van der Waals surface area contributed by atoms with E-state index in [1.807, 2.05) is 13.0 Å². The highest BCUT2D eigenvalue weighted by atomic mass is 32.2. The van der Waals surface area contributed by atoms with E-state index < -0.39 is 10.0 Å². The van der Waals surface area contributed by atoms with E-state index in [9.17, 15) is 18.0 Å². The lowest BCUT2D eigenvalue weighted by atomic mass is 10.2. The number of morpholine rings is 1. The highest BCUT2D eigenvalue weighted by Crippen LogP contribution is 2.26. The number of nitrogens with zero attached hydrogens (tertiary/aromatic N) is 2. The summed E-state index contributed by atoms with van der Waals surface area (Å²) in [6.45, 7) is 3.13. The van der Waals surface area contributed by atoms with Gasteiger partial charge in [-0.3, -0.25) is 9.59 Å². The first kappa shape index (κ1) is 25.5. The summed E-state index contributed by atoms with van der Waals surface area (Å²) in [5.41, 5.74) is 2.01. The van der Waals surface area contributed by atoms with Gasteiger partial charge in [0.15, 0.2) is 6.61 Å². The molecule has 0 atom stereocenters. The van der Waals surface area contributed by atoms with Gasteiger partial charge in [-0.2, -0.15) is 4.31 Å². The molecule has 2 amide bonds. The largest absolute Gasteiger partial charge is 0.482 e. The number of sulfonamides is 1. The number of nitrogens with one attached hydrogen (secondary N) is 2. The maximum absolute atomic E-state index is 12.7. The average molecular weight is 491 g/mol. The number of anilines is 2. The van der Waals surface area contributed by atoms with Crippen LogP contribution in [-0.2, 0) is 24.3 Å². The molecule has 0 aliphatic carbocycles. The number of amides is 2. The maximum atomic E-state index is 12.7. The number of hydrogen-bond donors (Lipinski definition) is 2. The van der Waals surface area contributed by atoms with Crippen LogP contribution in [0.15, 0.2) is 47.4 Å². The van der Waals surface area contributed by atoms with Crippen LogP contribution in [0.3, 0.4) is 0 Å². The molecule has 10 nitrogen and oxygen atoms in total. The number of carbonyl (C=O) groups is 2. The first-order valence-corrected chi connectivity index (χ1v) is 12.3. The van der Waals surface area contributed by atoms with Gasteiger partial charge in [-0.15, -0.1) is 0 Å². The van der Waals surface area contributed by atoms with Crippen molar-refractivity contribution in [2.75, 3.05) is 64.2 Å². The Labute approximate surface area is 199 Å². The normalized spacial score (nSPS) is 14.3. The zero-order valence-corrected chi connectivity index (χ0v) is 20.4. The van der Waals surface area contributed by atoms with Crippen molar-refractivity contribution in [3.63, 3.8) is 0 Å². The zero-order chi connectivity index (χ0) is 24.7. The van der Waals surface area contributed by atoms with Crippen LogP contribution >= 0.6 is 0 Å². The van der Waals surface area contributed by atoms with Gasteiger partial charge in [0.05, 0.1) is 30.3 Å². The van der Waals surface area contributed by atoms with Crippen molar-refractivity contribution in [1.82, 2.24) is 9.21 Å². The van der Waals surface area contributed by atoms with Gasteiger partial charge >= 0.3 is 0 Å². The molecular formula is C23H30N4O6S. The van der Waals surface area contributed by atoms with Crippen molar-refractivity contribution in [2.45, 2.75) is 11.8 Å². The number of aryl methyl sites for hydroxylation is 1. The van der Waals surface area contributed by atoms with Crippen molar-refractivity contribution in [3.8, 4) is 5.75 Å². The van der Waals surface area contributed by atoms with Crippen LogP contribution in [0.25, 0.3) is 0 Å². The Bertz CT molecular complexity index is 1110. The first-order chi connectivity index (χ1) is 16.2. The SMILES string of the molecule is Cc1ccc(NCC(=O)Nc2ccc(S(=O)(=O)N3CCOCC3)cc2)c(OCC(=O)N(C)C)c1. The number of benzene rings is 2. The lowest BCUT2D eigenvalue weighted by Gasteiger charge is -2.26. The van der Waals surface area contributed by atoms with E-state index in [0.717, 1.165) is 5.56 Å². The monoisotopic (exact) mass is 490 g/mol. The fraction of sp³-hybridized carbons (Fsp3) is 0.391. The molecule has 1 saturated heterocycles. The Morgan fingerprint density at radius 3 is 2.41 bits per heavy atom. The minimum Gasteiger partial charge on any atom is -0.482 e. The van der Waals surface area contributed by atoms with Gasteiger partial charge in [0.1, 0.15) is 5.75 Å². The molecule has 1 aliphatic heterocycles. The van der Waals surface area contributed by atoms with Crippen LogP contribution in [0, 0.1) is 6.92 Å². The third-order valence-corrected chi connectivity index (χ3v) is 7.09. The summed E-state index contributed by atoms with van der Waals surface area (Å²) in [6, 6.07) is 11.5. The second kappa shape index (κ2) is 11.3. The predicted octanol–water partition coefficient (Wildman–Crippen LogP) is 1.53. The van der Waals surface area contributed by atoms with Gasteiger partial charge in [0.25, 0.3) is 5.91 Å². The van der Waals surface area contributed by atoms with Crippen molar-refractivity contribution >= 4 is 33.2 Å². The maximum Gasteiger partial charge on any atom is 0.259 e. The van der Waals surface area contributed by atoms with Crippen molar-refractivity contribution in [3.05, 3.63) is 48.0 Å². The molecule has 0 bridgehead atoms. The van der Waals surface area contributed by atoms with Gasteiger partial charge in [-0.1, -0.05) is 6.07 Å². The summed E-state index contributed by atoms with van der Waals surface area (Å²) in [5.74, 6) is -0.0235. The van der Waals surface area contributed by atoms with Crippen molar-refractivity contribution in [2.24, 2.45) is 0 Å². The molecule has 0 saturated carbocycles. The predicted molar refractivity (Wildman–Crippen MR) is 129 cm³/mol. The van der Waals surface area contributed by atoms with Crippen LogP contribution < -0.4 is 15.4 Å². The van der Waals surface area contributed by atoms with Crippen LogP contribution in [0.2, 0.25) is 0 Å². The Kier molecular flexibility index (Phi) is 8.48. The van der Waals surface area contributed by atoms with Gasteiger partial charge in [0.2, 0.25) is 15.9 Å². The molecule has 1 heterocycles. The fourth-order valence-corrected chi connectivity index (χ4v) is 4.60. The number of rotatable bonds is 9. The van der Waals surface area contributed by atoms with Gasteiger partial charge in [0, 0.05) is 32.9 Å². The van der Waals surface area contributed by atoms with E-state index in [1.54, 1.807) is 38.4 Å². The second-order valence-corrected chi connectivity index (χ2v) is 9.96. The Balaban J connectivity index is 1.57. The molecule has 3 rings (SSSR count). The summed E-state index contributed by atoms with van der Waals surface area (Å²) in [4.78, 5) is 25.9. The van der Waals surface area contributed by atoms with Crippen molar-refractivity contribution in [1.29, 1.82) is 0 Å². The summed E-state index contributed by atoms with van der Waals surface area (Å²) in [6.07, 6.45) is 0. The van der Waals surface area contributed by atoms with Gasteiger partial charge in [-0.05, 0) is 48.9 Å². The Hall–Kier alpha value is -3.15. The van der Waals surface area contributed by atoms with E-state index in [1.165, 1.54) is 21.3 Å². The second-order valence-electron chi connectivity index (χ2n) is 8.02. The number of hydrogen-bond acceptors (Lipinski definition) is 7. The summed E-state index contributed by atoms with van der Waals surface area (Å²) >= 11 is 0. The highest BCUT2D eigenvalue weighted by Gasteiger charge is 2.26. The van der Waals surface area contributed by atoms with Crippen molar-refractivity contribution < 1.29 is 27.5 Å². The minimum absolute atomic E-state index is 0.0468. The van der Waals surface area contributed by atoms with Crippen LogP contribution in [0.5, 0.6) is 5.75 Å². The lowest BCUT2D eigenvalue weighted by molar-refractivity contribution is -0.130. The van der Waals surface area contributed by atoms with E-state index in [-0.39, 0.29) is 29.9 Å². The van der Waals surface area contributed by atoms with Gasteiger partial charge in [-0.25, -0.2) is 8.42 Å². The fourth-order valence-electron chi connectivity index (χ4n) is 3.19. The molecule has 2 N–H and O–H groups in total. The third kappa shape index (κ3) is 6.69. The smallest absolute Gasteiger partial charge is 0.259 e.